The van der Waals surface area contributed by atoms with Crippen LogP contribution in [-0.4, -0.2) is 19.0 Å². The molecule has 0 aromatic heterocycles. The Balaban J connectivity index is 1.69. The first-order valence-electron chi connectivity index (χ1n) is 11.8. The summed E-state index contributed by atoms with van der Waals surface area (Å²) in [5.74, 6) is 0.0283. The van der Waals surface area contributed by atoms with E-state index in [2.05, 4.69) is 49.9 Å². The van der Waals surface area contributed by atoms with E-state index in [-0.39, 0.29) is 35.6 Å². The third-order valence-corrected chi connectivity index (χ3v) is 7.00. The number of ether oxygens (including phenoxy) is 2. The minimum atomic E-state index is -0.349. The van der Waals surface area contributed by atoms with Gasteiger partial charge in [0.05, 0.1) is 13.0 Å². The van der Waals surface area contributed by atoms with Crippen LogP contribution in [0.2, 0.25) is 0 Å². The zero-order chi connectivity index (χ0) is 24.4. The number of fused-ring (bicyclic) bond motifs is 1. The topological polar surface area (TPSA) is 52.6 Å². The fraction of sp³-hybridized carbons (Fsp3) is 0.333. The summed E-state index contributed by atoms with van der Waals surface area (Å²) in [4.78, 5) is 24.2. The Hall–Kier alpha value is -3.40. The Kier molecular flexibility index (Phi) is 6.87. The van der Waals surface area contributed by atoms with Crippen molar-refractivity contribution < 1.29 is 19.1 Å². The van der Waals surface area contributed by atoms with Gasteiger partial charge in [-0.2, -0.15) is 0 Å². The molecule has 4 heteroatoms. The molecule has 2 aliphatic carbocycles. The number of hydrogen-bond donors (Lipinski definition) is 0. The molecule has 4 unspecified atom stereocenters. The molecule has 0 radical (unpaired) electrons. The van der Waals surface area contributed by atoms with Crippen molar-refractivity contribution in [2.24, 2.45) is 17.8 Å². The molecule has 1 saturated carbocycles. The van der Waals surface area contributed by atoms with Crippen LogP contribution in [0.5, 0.6) is 5.75 Å². The number of carbonyl (C=O) groups excluding carboxylic acids is 2. The second kappa shape index (κ2) is 9.84. The SMILES string of the molecule is C=C(C)c1cccc(/C=C2\CC3=CC(C)C(C(=O)OC)C(c4ccc(OC(C)=O)cc4)C3C2)c1. The molecule has 1 fully saturated rings. The highest BCUT2D eigenvalue weighted by Crippen LogP contribution is 2.53. The van der Waals surface area contributed by atoms with Gasteiger partial charge in [-0.15, -0.1) is 0 Å². The lowest BCUT2D eigenvalue weighted by atomic mass is 9.66. The van der Waals surface area contributed by atoms with Gasteiger partial charge in [0, 0.05) is 12.8 Å². The van der Waals surface area contributed by atoms with Gasteiger partial charge < -0.3 is 9.47 Å². The monoisotopic (exact) mass is 456 g/mol. The van der Waals surface area contributed by atoms with E-state index in [0.717, 1.165) is 29.5 Å². The van der Waals surface area contributed by atoms with Crippen LogP contribution in [0.25, 0.3) is 11.6 Å². The lowest BCUT2D eigenvalue weighted by Gasteiger charge is -2.38. The molecule has 0 spiro atoms. The zero-order valence-electron chi connectivity index (χ0n) is 20.3. The summed E-state index contributed by atoms with van der Waals surface area (Å²) >= 11 is 0. The fourth-order valence-electron chi connectivity index (χ4n) is 5.54. The predicted octanol–water partition coefficient (Wildman–Crippen LogP) is 6.59. The van der Waals surface area contributed by atoms with Crippen molar-refractivity contribution in [3.8, 4) is 5.75 Å². The van der Waals surface area contributed by atoms with E-state index >= 15 is 0 Å². The van der Waals surface area contributed by atoms with E-state index in [1.165, 1.54) is 30.7 Å². The highest BCUT2D eigenvalue weighted by atomic mass is 16.5. The Morgan fingerprint density at radius 1 is 1.09 bits per heavy atom. The number of benzene rings is 2. The van der Waals surface area contributed by atoms with Crippen LogP contribution >= 0.6 is 0 Å². The van der Waals surface area contributed by atoms with Crippen LogP contribution < -0.4 is 4.74 Å². The predicted molar refractivity (Wildman–Crippen MR) is 135 cm³/mol. The van der Waals surface area contributed by atoms with Gasteiger partial charge >= 0.3 is 11.9 Å². The first-order valence-corrected chi connectivity index (χ1v) is 11.8. The summed E-state index contributed by atoms with van der Waals surface area (Å²) in [5.41, 5.74) is 7.21. The highest BCUT2D eigenvalue weighted by Gasteiger charge is 2.46. The molecule has 4 nitrogen and oxygen atoms in total. The molecule has 0 N–H and O–H groups in total. The molecule has 34 heavy (non-hydrogen) atoms. The second-order valence-corrected chi connectivity index (χ2v) is 9.53. The van der Waals surface area contributed by atoms with Crippen molar-refractivity contribution in [3.63, 3.8) is 0 Å². The van der Waals surface area contributed by atoms with Gasteiger partial charge in [-0.3, -0.25) is 9.59 Å². The molecule has 2 aliphatic rings. The van der Waals surface area contributed by atoms with Gasteiger partial charge in [0.15, 0.2) is 0 Å². The van der Waals surface area contributed by atoms with Crippen LogP contribution in [0.1, 0.15) is 56.2 Å². The van der Waals surface area contributed by atoms with Crippen molar-refractivity contribution in [1.29, 1.82) is 0 Å². The summed E-state index contributed by atoms with van der Waals surface area (Å²) in [6.07, 6.45) is 6.38. The van der Waals surface area contributed by atoms with Gasteiger partial charge in [-0.25, -0.2) is 0 Å². The van der Waals surface area contributed by atoms with Gasteiger partial charge in [0.2, 0.25) is 0 Å². The van der Waals surface area contributed by atoms with Crippen molar-refractivity contribution in [1.82, 2.24) is 0 Å². The number of allylic oxidation sites excluding steroid dienone is 4. The van der Waals surface area contributed by atoms with Crippen LogP contribution in [0.3, 0.4) is 0 Å². The molecule has 0 amide bonds. The third kappa shape index (κ3) is 4.91. The van der Waals surface area contributed by atoms with Gasteiger partial charge in [0.1, 0.15) is 5.75 Å². The van der Waals surface area contributed by atoms with Crippen LogP contribution in [-0.2, 0) is 14.3 Å². The maximum atomic E-state index is 12.9. The van der Waals surface area contributed by atoms with E-state index < -0.39 is 0 Å². The van der Waals surface area contributed by atoms with E-state index in [0.29, 0.717) is 5.75 Å². The summed E-state index contributed by atoms with van der Waals surface area (Å²) in [6, 6.07) is 16.0. The molecular weight excluding hydrogens is 424 g/mol. The van der Waals surface area contributed by atoms with Gasteiger partial charge in [-0.1, -0.05) is 72.7 Å². The zero-order valence-corrected chi connectivity index (χ0v) is 20.3. The normalized spacial score (nSPS) is 24.8. The molecular formula is C30H32O4. The Bertz CT molecular complexity index is 1170. The molecule has 4 rings (SSSR count). The maximum Gasteiger partial charge on any atom is 0.309 e. The van der Waals surface area contributed by atoms with Crippen molar-refractivity contribution in [3.05, 3.63) is 89.0 Å². The minimum absolute atomic E-state index is 0.00137. The van der Waals surface area contributed by atoms with E-state index in [9.17, 15) is 9.59 Å². The standard InChI is InChI=1S/C30H32O4/c1-18(2)24-8-6-7-21(15-24)14-22-16-25-13-19(3)28(30(32)33-5)29(27(25)17-22)23-9-11-26(12-10-23)34-20(4)31/h6-15,19,27-29H,1,16-17H2,2-5H3/b22-14+. The van der Waals surface area contributed by atoms with Crippen molar-refractivity contribution in [2.75, 3.05) is 7.11 Å². The quantitative estimate of drug-likeness (QED) is 0.289. The highest BCUT2D eigenvalue weighted by molar-refractivity contribution is 5.75. The maximum absolute atomic E-state index is 12.9. The number of esters is 2. The molecule has 4 atom stereocenters. The summed E-state index contributed by atoms with van der Waals surface area (Å²) in [6.45, 7) is 9.57. The first kappa shape index (κ1) is 23.7. The second-order valence-electron chi connectivity index (χ2n) is 9.53. The molecule has 0 bridgehead atoms. The Morgan fingerprint density at radius 2 is 1.82 bits per heavy atom. The number of carbonyl (C=O) groups is 2. The van der Waals surface area contributed by atoms with Crippen LogP contribution in [0, 0.1) is 17.8 Å². The number of rotatable bonds is 5. The average molecular weight is 457 g/mol. The van der Waals surface area contributed by atoms with E-state index in [1.807, 2.05) is 31.2 Å². The molecule has 0 aliphatic heterocycles. The van der Waals surface area contributed by atoms with Gasteiger partial charge in [-0.05, 0) is 66.5 Å². The molecule has 0 saturated heterocycles. The Morgan fingerprint density at radius 3 is 2.47 bits per heavy atom. The van der Waals surface area contributed by atoms with Crippen molar-refractivity contribution >= 4 is 23.6 Å². The molecule has 0 heterocycles. The summed E-state index contributed by atoms with van der Waals surface area (Å²) in [7, 11) is 1.46. The fourth-order valence-corrected chi connectivity index (χ4v) is 5.54. The third-order valence-electron chi connectivity index (χ3n) is 7.00. The smallest absolute Gasteiger partial charge is 0.309 e. The molecule has 2 aromatic rings. The molecule has 176 valence electrons. The minimum Gasteiger partial charge on any atom is -0.469 e. The number of hydrogen-bond acceptors (Lipinski definition) is 4. The summed E-state index contributed by atoms with van der Waals surface area (Å²) in [5, 5.41) is 0. The van der Waals surface area contributed by atoms with Crippen molar-refractivity contribution in [2.45, 2.75) is 39.5 Å². The van der Waals surface area contributed by atoms with Crippen LogP contribution in [0.15, 0.2) is 72.3 Å². The Labute approximate surface area is 202 Å². The van der Waals surface area contributed by atoms with E-state index in [1.54, 1.807) is 0 Å². The largest absolute Gasteiger partial charge is 0.469 e. The van der Waals surface area contributed by atoms with E-state index in [4.69, 9.17) is 9.47 Å². The number of methoxy groups -OCH3 is 1. The molecule has 2 aromatic carbocycles. The first-order chi connectivity index (χ1) is 16.3. The summed E-state index contributed by atoms with van der Waals surface area (Å²) < 4.78 is 10.4. The lowest BCUT2D eigenvalue weighted by Crippen LogP contribution is -2.36. The van der Waals surface area contributed by atoms with Gasteiger partial charge in [0.25, 0.3) is 0 Å². The lowest BCUT2D eigenvalue weighted by molar-refractivity contribution is -0.148. The average Bonchev–Trinajstić information content (AvgIpc) is 3.19. The van der Waals surface area contributed by atoms with Crippen LogP contribution in [0.4, 0.5) is 0 Å².